The van der Waals surface area contributed by atoms with Crippen LogP contribution in [0.1, 0.15) is 24.5 Å². The van der Waals surface area contributed by atoms with Crippen LogP contribution in [0.25, 0.3) is 0 Å². The fourth-order valence-electron chi connectivity index (χ4n) is 1.75. The van der Waals surface area contributed by atoms with E-state index in [1.807, 2.05) is 19.1 Å². The van der Waals surface area contributed by atoms with Crippen LogP contribution in [0.5, 0.6) is 11.5 Å². The van der Waals surface area contributed by atoms with Crippen molar-refractivity contribution < 1.29 is 4.74 Å². The number of ether oxygens (including phenoxy) is 1. The second-order valence-corrected chi connectivity index (χ2v) is 4.53. The van der Waals surface area contributed by atoms with E-state index in [1.165, 1.54) is 0 Å². The van der Waals surface area contributed by atoms with Crippen LogP contribution >= 0.6 is 0 Å². The van der Waals surface area contributed by atoms with Crippen LogP contribution < -0.4 is 10.1 Å². The molecule has 1 aromatic carbocycles. The number of benzene rings is 1. The summed E-state index contributed by atoms with van der Waals surface area (Å²) in [7, 11) is 0. The van der Waals surface area contributed by atoms with Crippen LogP contribution in [0, 0.1) is 18.3 Å². The number of nitriles is 1. The van der Waals surface area contributed by atoms with Gasteiger partial charge in [0.1, 0.15) is 11.5 Å². The molecule has 4 nitrogen and oxygen atoms in total. The number of aryl methyl sites for hydroxylation is 1. The van der Waals surface area contributed by atoms with Gasteiger partial charge < -0.3 is 10.1 Å². The molecule has 0 unspecified atom stereocenters. The van der Waals surface area contributed by atoms with E-state index in [0.717, 1.165) is 24.2 Å². The Morgan fingerprint density at radius 1 is 1.30 bits per heavy atom. The molecule has 0 amide bonds. The first-order valence-electron chi connectivity index (χ1n) is 6.60. The van der Waals surface area contributed by atoms with E-state index in [-0.39, 0.29) is 0 Å². The van der Waals surface area contributed by atoms with Gasteiger partial charge in [0.15, 0.2) is 0 Å². The van der Waals surface area contributed by atoms with Gasteiger partial charge in [0.25, 0.3) is 0 Å². The summed E-state index contributed by atoms with van der Waals surface area (Å²) in [4.78, 5) is 4.15. The lowest BCUT2D eigenvalue weighted by atomic mass is 10.1. The minimum atomic E-state index is 0.582. The zero-order valence-electron chi connectivity index (χ0n) is 11.7. The largest absolute Gasteiger partial charge is 0.455 e. The van der Waals surface area contributed by atoms with E-state index in [1.54, 1.807) is 24.5 Å². The molecule has 0 saturated carbocycles. The lowest BCUT2D eigenvalue weighted by Gasteiger charge is -2.10. The minimum absolute atomic E-state index is 0.582. The molecule has 1 N–H and O–H groups in total. The summed E-state index contributed by atoms with van der Waals surface area (Å²) in [5.41, 5.74) is 2.49. The molecule has 0 aliphatic heterocycles. The first-order chi connectivity index (χ1) is 9.72. The highest BCUT2D eigenvalue weighted by atomic mass is 16.5. The molecule has 0 saturated heterocycles. The van der Waals surface area contributed by atoms with Crippen molar-refractivity contribution in [2.75, 3.05) is 11.9 Å². The number of nitrogens with zero attached hydrogens (tertiary/aromatic N) is 2. The van der Waals surface area contributed by atoms with E-state index in [0.29, 0.717) is 17.1 Å². The molecule has 0 fully saturated rings. The number of pyridine rings is 1. The Balaban J connectivity index is 2.19. The van der Waals surface area contributed by atoms with E-state index in [2.05, 4.69) is 23.3 Å². The van der Waals surface area contributed by atoms with Gasteiger partial charge in [0.2, 0.25) is 0 Å². The van der Waals surface area contributed by atoms with Crippen molar-refractivity contribution in [3.05, 3.63) is 47.8 Å². The molecule has 0 spiro atoms. The predicted octanol–water partition coefficient (Wildman–Crippen LogP) is 3.88. The second-order valence-electron chi connectivity index (χ2n) is 4.53. The second kappa shape index (κ2) is 6.58. The Hall–Kier alpha value is -2.54. The van der Waals surface area contributed by atoms with Gasteiger partial charge in [-0.1, -0.05) is 13.0 Å². The third-order valence-corrected chi connectivity index (χ3v) is 2.84. The average molecular weight is 267 g/mol. The molecule has 0 radical (unpaired) electrons. The summed E-state index contributed by atoms with van der Waals surface area (Å²) in [6, 6.07) is 9.41. The smallest absolute Gasteiger partial charge is 0.147 e. The summed E-state index contributed by atoms with van der Waals surface area (Å²) >= 11 is 0. The maximum absolute atomic E-state index is 8.93. The van der Waals surface area contributed by atoms with E-state index in [9.17, 15) is 0 Å². The van der Waals surface area contributed by atoms with Gasteiger partial charge in [0, 0.05) is 12.6 Å². The van der Waals surface area contributed by atoms with Gasteiger partial charge in [-0.2, -0.15) is 5.26 Å². The number of hydrogen-bond acceptors (Lipinski definition) is 4. The standard InChI is InChI=1S/C16H17N3O/c1-3-6-19-14-8-15(11-18-10-14)20-16-7-13(9-17)5-4-12(16)2/h4-5,7-8,10-11,19H,3,6H2,1-2H3. The van der Waals surface area contributed by atoms with Crippen LogP contribution in [-0.4, -0.2) is 11.5 Å². The maximum atomic E-state index is 8.93. The third-order valence-electron chi connectivity index (χ3n) is 2.84. The Kier molecular flexibility index (Phi) is 4.56. The number of rotatable bonds is 5. The number of nitrogens with one attached hydrogen (secondary N) is 1. The van der Waals surface area contributed by atoms with Gasteiger partial charge in [0.05, 0.1) is 29.7 Å². The fourth-order valence-corrected chi connectivity index (χ4v) is 1.75. The van der Waals surface area contributed by atoms with E-state index >= 15 is 0 Å². The molecule has 20 heavy (non-hydrogen) atoms. The van der Waals surface area contributed by atoms with Gasteiger partial charge in [-0.25, -0.2) is 0 Å². The molecule has 2 rings (SSSR count). The molecule has 102 valence electrons. The molecular weight excluding hydrogens is 250 g/mol. The van der Waals surface area contributed by atoms with Crippen molar-refractivity contribution >= 4 is 5.69 Å². The molecule has 1 heterocycles. The molecular formula is C16H17N3O. The molecule has 0 bridgehead atoms. The highest BCUT2D eigenvalue weighted by Gasteiger charge is 2.04. The van der Waals surface area contributed by atoms with Crippen LogP contribution in [0.15, 0.2) is 36.7 Å². The van der Waals surface area contributed by atoms with Crippen LogP contribution in [0.4, 0.5) is 5.69 Å². The summed E-state index contributed by atoms with van der Waals surface area (Å²) < 4.78 is 5.82. The van der Waals surface area contributed by atoms with Gasteiger partial charge >= 0.3 is 0 Å². The predicted molar refractivity (Wildman–Crippen MR) is 79.0 cm³/mol. The highest BCUT2D eigenvalue weighted by molar-refractivity contribution is 5.48. The van der Waals surface area contributed by atoms with Crippen molar-refractivity contribution in [3.8, 4) is 17.6 Å². The first-order valence-corrected chi connectivity index (χ1v) is 6.60. The van der Waals surface area contributed by atoms with E-state index < -0.39 is 0 Å². The van der Waals surface area contributed by atoms with Crippen molar-refractivity contribution in [2.45, 2.75) is 20.3 Å². The third kappa shape index (κ3) is 3.48. The van der Waals surface area contributed by atoms with Crippen LogP contribution in [0.3, 0.4) is 0 Å². The summed E-state index contributed by atoms with van der Waals surface area (Å²) in [5, 5.41) is 12.2. The van der Waals surface area contributed by atoms with Crippen molar-refractivity contribution in [1.82, 2.24) is 4.98 Å². The van der Waals surface area contributed by atoms with Crippen molar-refractivity contribution in [2.24, 2.45) is 0 Å². The maximum Gasteiger partial charge on any atom is 0.147 e. The zero-order chi connectivity index (χ0) is 14.4. The highest BCUT2D eigenvalue weighted by Crippen LogP contribution is 2.27. The van der Waals surface area contributed by atoms with Crippen LogP contribution in [-0.2, 0) is 0 Å². The Bertz CT molecular complexity index is 632. The minimum Gasteiger partial charge on any atom is -0.455 e. The van der Waals surface area contributed by atoms with Crippen molar-refractivity contribution in [1.29, 1.82) is 5.26 Å². The van der Waals surface area contributed by atoms with Crippen molar-refractivity contribution in [3.63, 3.8) is 0 Å². The summed E-state index contributed by atoms with van der Waals surface area (Å²) in [6.45, 7) is 4.95. The molecule has 4 heteroatoms. The van der Waals surface area contributed by atoms with Crippen LogP contribution in [0.2, 0.25) is 0 Å². The quantitative estimate of drug-likeness (QED) is 0.893. The number of aromatic nitrogens is 1. The van der Waals surface area contributed by atoms with E-state index in [4.69, 9.17) is 10.00 Å². The number of hydrogen-bond donors (Lipinski definition) is 1. The fraction of sp³-hybridized carbons (Fsp3) is 0.250. The topological polar surface area (TPSA) is 57.9 Å². The normalized spacial score (nSPS) is 9.85. The Labute approximate surface area is 119 Å². The SMILES string of the molecule is CCCNc1cncc(Oc2cc(C#N)ccc2C)c1. The zero-order valence-corrected chi connectivity index (χ0v) is 11.7. The average Bonchev–Trinajstić information content (AvgIpc) is 2.48. The lowest BCUT2D eigenvalue weighted by molar-refractivity contribution is 0.476. The van der Waals surface area contributed by atoms with Gasteiger partial charge in [-0.05, 0) is 31.0 Å². The molecule has 0 aliphatic rings. The van der Waals surface area contributed by atoms with Gasteiger partial charge in [-0.3, -0.25) is 4.98 Å². The molecule has 2 aromatic rings. The summed E-state index contributed by atoms with van der Waals surface area (Å²) in [5.74, 6) is 1.34. The first kappa shape index (κ1) is 13.9. The molecule has 0 aliphatic carbocycles. The monoisotopic (exact) mass is 267 g/mol. The van der Waals surface area contributed by atoms with Gasteiger partial charge in [-0.15, -0.1) is 0 Å². The Morgan fingerprint density at radius 2 is 2.15 bits per heavy atom. The number of anilines is 1. The summed E-state index contributed by atoms with van der Waals surface area (Å²) in [6.07, 6.45) is 4.48. The lowest BCUT2D eigenvalue weighted by Crippen LogP contribution is -2.00. The molecule has 1 aromatic heterocycles. The molecule has 0 atom stereocenters. The Morgan fingerprint density at radius 3 is 2.90 bits per heavy atom.